The van der Waals surface area contributed by atoms with Crippen LogP contribution in [0.1, 0.15) is 25.0 Å². The minimum Gasteiger partial charge on any atom is -0.458 e. The lowest BCUT2D eigenvalue weighted by molar-refractivity contribution is 0.487. The maximum atomic E-state index is 6.98. The van der Waals surface area contributed by atoms with Gasteiger partial charge in [-0.05, 0) is 111 Å². The number of hydrogen-bond donors (Lipinski definition) is 0. The third kappa shape index (κ3) is 4.28. The lowest BCUT2D eigenvalue weighted by atomic mass is 9.34. The summed E-state index contributed by atoms with van der Waals surface area (Å²) < 4.78 is 6.98. The normalized spacial score (nSPS) is 14.1. The van der Waals surface area contributed by atoms with Crippen molar-refractivity contribution < 1.29 is 4.74 Å². The molecule has 7 aromatic carbocycles. The van der Waals surface area contributed by atoms with E-state index >= 15 is 0 Å². The van der Waals surface area contributed by atoms with Crippen molar-refractivity contribution in [3.63, 3.8) is 0 Å². The molecule has 1 aliphatic carbocycles. The molecular formula is C48H34BN3O. The van der Waals surface area contributed by atoms with Crippen LogP contribution in [0.3, 0.4) is 0 Å². The molecule has 0 amide bonds. The molecule has 0 unspecified atom stereocenters. The number of fused-ring (bicyclic) bond motifs is 9. The molecule has 53 heavy (non-hydrogen) atoms. The molecule has 0 saturated heterocycles. The standard InChI is InChI=1S/C48H34BN3O/c1-48(2)36-29-39-44(53-43-25-15-24-41-47(43)49(39)38-22-11-12-23-40(38)51(41)31-16-5-3-6-17-31)28-35(36)46-34-21-10-9-20-33(34)42(30-37(46)48)52(32-18-7-4-8-19-32)45-26-13-14-27-50-45/h3-30H,1-2H3. The number of para-hydroxylation sites is 3. The van der Waals surface area contributed by atoms with E-state index in [0.717, 1.165) is 40.1 Å². The topological polar surface area (TPSA) is 28.6 Å². The lowest BCUT2D eigenvalue weighted by Gasteiger charge is -2.40. The molecule has 8 aromatic rings. The highest BCUT2D eigenvalue weighted by molar-refractivity contribution is 6.99. The van der Waals surface area contributed by atoms with Gasteiger partial charge in [0.1, 0.15) is 17.3 Å². The summed E-state index contributed by atoms with van der Waals surface area (Å²) in [5, 5.41) is 2.41. The second-order valence-electron chi connectivity index (χ2n) is 14.7. The van der Waals surface area contributed by atoms with Crippen LogP contribution < -0.4 is 30.9 Å². The highest BCUT2D eigenvalue weighted by Crippen LogP contribution is 2.55. The monoisotopic (exact) mass is 679 g/mol. The molecule has 0 atom stereocenters. The molecule has 250 valence electrons. The summed E-state index contributed by atoms with van der Waals surface area (Å²) >= 11 is 0. The zero-order valence-electron chi connectivity index (χ0n) is 29.5. The molecule has 3 aliphatic rings. The van der Waals surface area contributed by atoms with E-state index in [1.54, 1.807) is 0 Å². The quantitative estimate of drug-likeness (QED) is 0.173. The van der Waals surface area contributed by atoms with E-state index in [1.165, 1.54) is 55.1 Å². The number of hydrogen-bond acceptors (Lipinski definition) is 4. The van der Waals surface area contributed by atoms with Crippen molar-refractivity contribution in [2.24, 2.45) is 0 Å². The van der Waals surface area contributed by atoms with Crippen LogP contribution >= 0.6 is 0 Å². The molecule has 0 fully saturated rings. The van der Waals surface area contributed by atoms with Crippen molar-refractivity contribution in [3.8, 4) is 22.6 Å². The van der Waals surface area contributed by atoms with E-state index in [4.69, 9.17) is 9.72 Å². The molecule has 4 nitrogen and oxygen atoms in total. The van der Waals surface area contributed by atoms with Crippen LogP contribution in [0, 0.1) is 0 Å². The maximum absolute atomic E-state index is 6.98. The first-order valence-electron chi connectivity index (χ1n) is 18.3. The first-order valence-corrected chi connectivity index (χ1v) is 18.3. The van der Waals surface area contributed by atoms with Crippen LogP contribution in [0.5, 0.6) is 11.5 Å². The molecule has 3 heterocycles. The molecule has 2 aliphatic heterocycles. The van der Waals surface area contributed by atoms with Gasteiger partial charge in [0.15, 0.2) is 0 Å². The van der Waals surface area contributed by atoms with Gasteiger partial charge >= 0.3 is 0 Å². The Morgan fingerprint density at radius 3 is 2.13 bits per heavy atom. The maximum Gasteiger partial charge on any atom is 0.256 e. The summed E-state index contributed by atoms with van der Waals surface area (Å²) in [4.78, 5) is 9.55. The molecular weight excluding hydrogens is 645 g/mol. The predicted molar refractivity (Wildman–Crippen MR) is 220 cm³/mol. The Morgan fingerprint density at radius 2 is 1.32 bits per heavy atom. The van der Waals surface area contributed by atoms with Crippen molar-refractivity contribution in [3.05, 3.63) is 181 Å². The van der Waals surface area contributed by atoms with Gasteiger partial charge < -0.3 is 9.64 Å². The highest BCUT2D eigenvalue weighted by Gasteiger charge is 2.45. The van der Waals surface area contributed by atoms with E-state index in [0.29, 0.717) is 0 Å². The number of nitrogens with zero attached hydrogens (tertiary/aromatic N) is 3. The Labute approximate surface area is 309 Å². The Morgan fingerprint density at radius 1 is 0.604 bits per heavy atom. The van der Waals surface area contributed by atoms with E-state index in [9.17, 15) is 0 Å². The fourth-order valence-electron chi connectivity index (χ4n) is 9.19. The Balaban J connectivity index is 1.14. The van der Waals surface area contributed by atoms with Gasteiger partial charge in [0.2, 0.25) is 0 Å². The van der Waals surface area contributed by atoms with E-state index in [1.807, 2.05) is 12.3 Å². The zero-order chi connectivity index (χ0) is 35.3. The summed E-state index contributed by atoms with van der Waals surface area (Å²) in [6.07, 6.45) is 1.87. The summed E-state index contributed by atoms with van der Waals surface area (Å²) in [5.41, 5.74) is 14.3. The summed E-state index contributed by atoms with van der Waals surface area (Å²) in [6.45, 7) is 4.80. The molecule has 5 heteroatoms. The number of rotatable bonds is 4. The zero-order valence-corrected chi connectivity index (χ0v) is 29.5. The molecule has 11 rings (SSSR count). The van der Waals surface area contributed by atoms with Crippen LogP contribution in [0.2, 0.25) is 0 Å². The van der Waals surface area contributed by atoms with Gasteiger partial charge in [0, 0.05) is 39.7 Å². The van der Waals surface area contributed by atoms with Crippen LogP contribution in [0.4, 0.5) is 34.3 Å². The van der Waals surface area contributed by atoms with Crippen LogP contribution in [-0.2, 0) is 5.41 Å². The van der Waals surface area contributed by atoms with Crippen LogP contribution in [0.15, 0.2) is 170 Å². The lowest BCUT2D eigenvalue weighted by Crippen LogP contribution is -2.59. The first-order chi connectivity index (χ1) is 26.1. The average molecular weight is 680 g/mol. The number of aromatic nitrogens is 1. The molecule has 0 spiro atoms. The largest absolute Gasteiger partial charge is 0.458 e. The summed E-state index contributed by atoms with van der Waals surface area (Å²) in [5.74, 6) is 2.73. The SMILES string of the molecule is CC1(C)c2cc3c(cc2-c2c1cc(N(c1ccccc1)c1ccccn1)c1ccccc21)Oc1cccc2c1B3c1ccccc1N2c1ccccc1. The highest BCUT2D eigenvalue weighted by atomic mass is 16.5. The van der Waals surface area contributed by atoms with E-state index in [2.05, 4.69) is 181 Å². The molecule has 1 aromatic heterocycles. The van der Waals surface area contributed by atoms with E-state index in [-0.39, 0.29) is 12.1 Å². The molecule has 0 radical (unpaired) electrons. The molecule has 0 saturated carbocycles. The first kappa shape index (κ1) is 30.1. The van der Waals surface area contributed by atoms with Crippen molar-refractivity contribution >= 4 is 68.1 Å². The Hall–Kier alpha value is -6.59. The number of ether oxygens (including phenoxy) is 1. The Bertz CT molecular complexity index is 2710. The third-order valence-electron chi connectivity index (χ3n) is 11.5. The van der Waals surface area contributed by atoms with E-state index < -0.39 is 0 Å². The third-order valence-corrected chi connectivity index (χ3v) is 11.5. The van der Waals surface area contributed by atoms with Gasteiger partial charge in [-0.15, -0.1) is 0 Å². The Kier molecular flexibility index (Phi) is 6.36. The predicted octanol–water partition coefficient (Wildman–Crippen LogP) is 10.4. The van der Waals surface area contributed by atoms with Gasteiger partial charge in [-0.25, -0.2) is 4.98 Å². The second-order valence-corrected chi connectivity index (χ2v) is 14.7. The summed E-state index contributed by atoms with van der Waals surface area (Å²) in [7, 11) is 0. The van der Waals surface area contributed by atoms with Crippen molar-refractivity contribution in [1.29, 1.82) is 0 Å². The van der Waals surface area contributed by atoms with Crippen LogP contribution in [-0.4, -0.2) is 11.7 Å². The fraction of sp³-hybridized carbons (Fsp3) is 0.0625. The van der Waals surface area contributed by atoms with Crippen molar-refractivity contribution in [2.75, 3.05) is 9.80 Å². The van der Waals surface area contributed by atoms with Gasteiger partial charge in [0.05, 0.1) is 5.69 Å². The van der Waals surface area contributed by atoms with Gasteiger partial charge in [0.25, 0.3) is 6.71 Å². The number of benzene rings is 7. The number of pyridine rings is 1. The molecule has 0 bridgehead atoms. The minimum absolute atomic E-state index is 0.0379. The van der Waals surface area contributed by atoms with Gasteiger partial charge in [-0.3, -0.25) is 4.90 Å². The summed E-state index contributed by atoms with van der Waals surface area (Å²) in [6, 6.07) is 58.8. The van der Waals surface area contributed by atoms with Gasteiger partial charge in [-0.1, -0.05) is 111 Å². The minimum atomic E-state index is -0.283. The fourth-order valence-corrected chi connectivity index (χ4v) is 9.19. The number of anilines is 6. The molecule has 0 N–H and O–H groups in total. The second kappa shape index (κ2) is 11.2. The average Bonchev–Trinajstić information content (AvgIpc) is 3.43. The van der Waals surface area contributed by atoms with Gasteiger partial charge in [-0.2, -0.15) is 0 Å². The van der Waals surface area contributed by atoms with Crippen molar-refractivity contribution in [1.82, 2.24) is 4.98 Å². The van der Waals surface area contributed by atoms with Crippen LogP contribution in [0.25, 0.3) is 21.9 Å². The van der Waals surface area contributed by atoms with Crippen molar-refractivity contribution in [2.45, 2.75) is 19.3 Å². The smallest absolute Gasteiger partial charge is 0.256 e.